The van der Waals surface area contributed by atoms with Gasteiger partial charge in [0.1, 0.15) is 0 Å². The number of hydrogen-bond donors (Lipinski definition) is 0. The highest BCUT2D eigenvalue weighted by Gasteiger charge is 2.40. The maximum absolute atomic E-state index is 11.4. The van der Waals surface area contributed by atoms with Crippen LogP contribution in [-0.2, 0) is 14.3 Å². The highest BCUT2D eigenvalue weighted by Crippen LogP contribution is 2.30. The van der Waals surface area contributed by atoms with Crippen molar-refractivity contribution in [3.05, 3.63) is 0 Å². The van der Waals surface area contributed by atoms with E-state index in [0.717, 1.165) is 12.8 Å². The Labute approximate surface area is 80.5 Å². The van der Waals surface area contributed by atoms with Crippen molar-refractivity contribution < 1.29 is 14.3 Å². The first-order chi connectivity index (χ1) is 5.83. The van der Waals surface area contributed by atoms with Crippen LogP contribution < -0.4 is 0 Å². The predicted molar refractivity (Wildman–Crippen MR) is 52.8 cm³/mol. The van der Waals surface area contributed by atoms with E-state index in [1.165, 1.54) is 0 Å². The first-order valence-corrected chi connectivity index (χ1v) is 8.14. The fourth-order valence-corrected chi connectivity index (χ4v) is 1.73. The summed E-state index contributed by atoms with van der Waals surface area (Å²) < 4.78 is 5.30. The van der Waals surface area contributed by atoms with Crippen LogP contribution in [0.5, 0.6) is 0 Å². The Morgan fingerprint density at radius 2 is 2.00 bits per heavy atom. The van der Waals surface area contributed by atoms with Gasteiger partial charge in [0.05, 0.1) is 0 Å². The van der Waals surface area contributed by atoms with Gasteiger partial charge in [-0.05, 0) is 39.4 Å². The molecule has 1 unspecified atom stereocenters. The molecule has 1 aliphatic carbocycles. The van der Waals surface area contributed by atoms with Gasteiger partial charge in [0.15, 0.2) is 11.4 Å². The minimum absolute atomic E-state index is 0.172. The molecule has 1 fully saturated rings. The van der Waals surface area contributed by atoms with E-state index in [4.69, 9.17) is 9.46 Å². The Morgan fingerprint density at radius 3 is 2.38 bits per heavy atom. The van der Waals surface area contributed by atoms with Crippen molar-refractivity contribution in [2.24, 2.45) is 0 Å². The van der Waals surface area contributed by atoms with Crippen LogP contribution in [0.15, 0.2) is 0 Å². The van der Waals surface area contributed by atoms with Gasteiger partial charge in [0, 0.05) is 6.42 Å². The first kappa shape index (κ1) is 10.9. The smallest absolute Gasteiger partial charge is 0.230 e. The van der Waals surface area contributed by atoms with Crippen molar-refractivity contribution >= 4 is 14.1 Å². The second-order valence-corrected chi connectivity index (χ2v) is 9.18. The lowest BCUT2D eigenvalue weighted by molar-refractivity contribution is -0.282. The molecule has 76 valence electrons. The summed E-state index contributed by atoms with van der Waals surface area (Å²) in [7, 11) is -1.68. The minimum atomic E-state index is -1.68. The molecule has 3 nitrogen and oxygen atoms in total. The monoisotopic (exact) mass is 202 g/mol. The van der Waals surface area contributed by atoms with Crippen molar-refractivity contribution in [1.82, 2.24) is 0 Å². The molecular weight excluding hydrogens is 184 g/mol. The van der Waals surface area contributed by atoms with Crippen molar-refractivity contribution in [1.29, 1.82) is 0 Å². The lowest BCUT2D eigenvalue weighted by atomic mass is 10.1. The standard InChI is InChI=1S/C9H18O3Si/c1-9(7-5-6-8(9)10)11-12-13(2,3)4/h5-7H2,1-4H3. The van der Waals surface area contributed by atoms with E-state index in [1.54, 1.807) is 0 Å². The third-order valence-electron chi connectivity index (χ3n) is 2.12. The molecule has 0 heterocycles. The Hall–Kier alpha value is -0.193. The molecule has 0 aliphatic heterocycles. The summed E-state index contributed by atoms with van der Waals surface area (Å²) in [5.41, 5.74) is -0.666. The number of Topliss-reactive ketones (excluding diaryl/α,β-unsaturated/α-hetero) is 1. The van der Waals surface area contributed by atoms with Crippen LogP contribution in [-0.4, -0.2) is 19.7 Å². The molecule has 0 radical (unpaired) electrons. The summed E-state index contributed by atoms with van der Waals surface area (Å²) >= 11 is 0. The third-order valence-corrected chi connectivity index (χ3v) is 2.71. The number of carbonyl (C=O) groups is 1. The van der Waals surface area contributed by atoms with E-state index < -0.39 is 13.9 Å². The molecule has 0 amide bonds. The molecule has 1 atom stereocenters. The van der Waals surface area contributed by atoms with Gasteiger partial charge < -0.3 is 0 Å². The van der Waals surface area contributed by atoms with E-state index >= 15 is 0 Å². The topological polar surface area (TPSA) is 35.5 Å². The van der Waals surface area contributed by atoms with E-state index in [0.29, 0.717) is 6.42 Å². The molecule has 0 bridgehead atoms. The number of carbonyl (C=O) groups excluding carboxylic acids is 1. The molecule has 1 aliphatic rings. The molecule has 0 aromatic carbocycles. The SMILES string of the molecule is CC1(OO[Si](C)(C)C)CCCC1=O. The normalized spacial score (nSPS) is 29.7. The number of rotatable bonds is 3. The molecule has 13 heavy (non-hydrogen) atoms. The van der Waals surface area contributed by atoms with E-state index in [1.807, 2.05) is 26.6 Å². The predicted octanol–water partition coefficient (Wildman–Crippen LogP) is 2.28. The van der Waals surface area contributed by atoms with Crippen LogP contribution in [0.3, 0.4) is 0 Å². The zero-order chi connectivity index (χ0) is 10.1. The quantitative estimate of drug-likeness (QED) is 0.400. The Balaban J connectivity index is 2.48. The Kier molecular flexibility index (Phi) is 2.94. The van der Waals surface area contributed by atoms with Gasteiger partial charge in [0.2, 0.25) is 8.32 Å². The van der Waals surface area contributed by atoms with Gasteiger partial charge in [-0.25, -0.2) is 4.89 Å². The first-order valence-electron chi connectivity index (χ1n) is 4.74. The maximum Gasteiger partial charge on any atom is 0.230 e. The fourth-order valence-electron chi connectivity index (χ4n) is 1.30. The maximum atomic E-state index is 11.4. The molecule has 4 heteroatoms. The molecule has 0 N–H and O–H groups in total. The molecule has 1 rings (SSSR count). The summed E-state index contributed by atoms with van der Waals surface area (Å²) in [6.07, 6.45) is 2.34. The van der Waals surface area contributed by atoms with Crippen LogP contribution in [0.1, 0.15) is 26.2 Å². The second-order valence-electron chi connectivity index (χ2n) is 4.79. The van der Waals surface area contributed by atoms with Crippen LogP contribution in [0, 0.1) is 0 Å². The van der Waals surface area contributed by atoms with E-state index in [-0.39, 0.29) is 5.78 Å². The van der Waals surface area contributed by atoms with Crippen LogP contribution in [0.4, 0.5) is 0 Å². The largest absolute Gasteiger partial charge is 0.296 e. The van der Waals surface area contributed by atoms with Crippen LogP contribution >= 0.6 is 0 Å². The molecule has 0 saturated heterocycles. The number of hydrogen-bond acceptors (Lipinski definition) is 3. The van der Waals surface area contributed by atoms with Crippen molar-refractivity contribution in [2.45, 2.75) is 51.4 Å². The highest BCUT2D eigenvalue weighted by molar-refractivity contribution is 6.69. The van der Waals surface area contributed by atoms with Crippen molar-refractivity contribution in [3.8, 4) is 0 Å². The summed E-state index contributed by atoms with van der Waals surface area (Å²) in [6, 6.07) is 0. The third kappa shape index (κ3) is 2.89. The van der Waals surface area contributed by atoms with Crippen LogP contribution in [0.25, 0.3) is 0 Å². The lowest BCUT2D eigenvalue weighted by Crippen LogP contribution is -2.38. The summed E-state index contributed by atoms with van der Waals surface area (Å²) in [6.45, 7) is 7.93. The average molecular weight is 202 g/mol. The second kappa shape index (κ2) is 3.51. The van der Waals surface area contributed by atoms with Gasteiger partial charge in [-0.15, -0.1) is 0 Å². The van der Waals surface area contributed by atoms with Gasteiger partial charge in [0.25, 0.3) is 0 Å². The zero-order valence-corrected chi connectivity index (χ0v) is 9.85. The highest BCUT2D eigenvalue weighted by atomic mass is 28.4. The minimum Gasteiger partial charge on any atom is -0.296 e. The fraction of sp³-hybridized carbons (Fsp3) is 0.889. The summed E-state index contributed by atoms with van der Waals surface area (Å²) in [5, 5.41) is 0. The molecule has 1 saturated carbocycles. The zero-order valence-electron chi connectivity index (χ0n) is 8.85. The van der Waals surface area contributed by atoms with Crippen LogP contribution in [0.2, 0.25) is 19.6 Å². The molecule has 0 aromatic rings. The number of ketones is 1. The lowest BCUT2D eigenvalue weighted by Gasteiger charge is -2.25. The van der Waals surface area contributed by atoms with Gasteiger partial charge >= 0.3 is 0 Å². The van der Waals surface area contributed by atoms with Gasteiger partial charge in [-0.2, -0.15) is 0 Å². The van der Waals surface area contributed by atoms with Gasteiger partial charge in [-0.3, -0.25) is 9.37 Å². The average Bonchev–Trinajstić information content (AvgIpc) is 2.29. The Morgan fingerprint density at radius 1 is 1.38 bits per heavy atom. The van der Waals surface area contributed by atoms with Crippen molar-refractivity contribution in [3.63, 3.8) is 0 Å². The molecular formula is C9H18O3Si. The Bertz CT molecular complexity index is 209. The van der Waals surface area contributed by atoms with Gasteiger partial charge in [-0.1, -0.05) is 0 Å². The molecule has 0 aromatic heterocycles. The van der Waals surface area contributed by atoms with Crippen molar-refractivity contribution in [2.75, 3.05) is 0 Å². The summed E-state index contributed by atoms with van der Waals surface area (Å²) in [4.78, 5) is 16.7. The summed E-state index contributed by atoms with van der Waals surface area (Å²) in [5.74, 6) is 0.172. The van der Waals surface area contributed by atoms with E-state index in [9.17, 15) is 4.79 Å². The molecule has 0 spiro atoms. The van der Waals surface area contributed by atoms with E-state index in [2.05, 4.69) is 0 Å².